The Morgan fingerprint density at radius 3 is 2.19 bits per heavy atom. The smallest absolute Gasteiger partial charge is 0.257 e. The van der Waals surface area contributed by atoms with Crippen molar-refractivity contribution in [2.24, 2.45) is 7.05 Å². The Morgan fingerprint density at radius 2 is 1.67 bits per heavy atom. The van der Waals surface area contributed by atoms with Gasteiger partial charge in [-0.1, -0.05) is 6.07 Å². The zero-order valence-corrected chi connectivity index (χ0v) is 12.7. The Bertz CT molecular complexity index is 702. The molecule has 2 amide bonds. The molecule has 0 aliphatic heterocycles. The van der Waals surface area contributed by atoms with Crippen molar-refractivity contribution in [2.45, 2.75) is 20.8 Å². The second-order valence-electron chi connectivity index (χ2n) is 5.06. The van der Waals surface area contributed by atoms with Crippen LogP contribution in [0, 0.1) is 13.8 Å². The Kier molecular flexibility index (Phi) is 4.12. The monoisotopic (exact) mass is 285 g/mol. The van der Waals surface area contributed by atoms with Crippen LogP contribution in [0.4, 0.5) is 11.4 Å². The number of benzene rings is 1. The molecule has 2 aromatic rings. The first kappa shape index (κ1) is 14.8. The van der Waals surface area contributed by atoms with Gasteiger partial charge in [0.05, 0.1) is 5.56 Å². The number of nitrogens with one attached hydrogen (secondary N) is 2. The fraction of sp³-hybridized carbons (Fsp3) is 0.250. The molecule has 2 rings (SSSR count). The summed E-state index contributed by atoms with van der Waals surface area (Å²) >= 11 is 0. The molecule has 0 bridgehead atoms. The van der Waals surface area contributed by atoms with Crippen molar-refractivity contribution in [3.05, 3.63) is 47.3 Å². The lowest BCUT2D eigenvalue weighted by atomic mass is 10.2. The molecule has 5 nitrogen and oxygen atoms in total. The van der Waals surface area contributed by atoms with Crippen LogP contribution in [0.1, 0.15) is 28.7 Å². The first-order chi connectivity index (χ1) is 9.88. The third-order valence-corrected chi connectivity index (χ3v) is 3.46. The molecule has 0 atom stereocenters. The van der Waals surface area contributed by atoms with E-state index >= 15 is 0 Å². The van der Waals surface area contributed by atoms with Gasteiger partial charge < -0.3 is 15.2 Å². The van der Waals surface area contributed by atoms with E-state index in [0.29, 0.717) is 16.9 Å². The lowest BCUT2D eigenvalue weighted by Gasteiger charge is -2.08. The van der Waals surface area contributed by atoms with Gasteiger partial charge >= 0.3 is 0 Å². The highest BCUT2D eigenvalue weighted by atomic mass is 16.2. The van der Waals surface area contributed by atoms with E-state index in [-0.39, 0.29) is 11.8 Å². The molecule has 5 heteroatoms. The lowest BCUT2D eigenvalue weighted by Crippen LogP contribution is -2.13. The van der Waals surface area contributed by atoms with E-state index in [0.717, 1.165) is 11.4 Å². The Morgan fingerprint density at radius 1 is 1.05 bits per heavy atom. The van der Waals surface area contributed by atoms with E-state index in [2.05, 4.69) is 10.6 Å². The van der Waals surface area contributed by atoms with Crippen molar-refractivity contribution in [2.75, 3.05) is 10.6 Å². The third kappa shape index (κ3) is 3.31. The molecule has 0 unspecified atom stereocenters. The molecule has 0 saturated heterocycles. The standard InChI is InChI=1S/C16H19N3O2/c1-10-8-15(11(2)19(10)4)16(21)18-14-7-5-6-13(9-14)17-12(3)20/h5-9H,1-4H3,(H,17,20)(H,18,21). The van der Waals surface area contributed by atoms with Crippen LogP contribution < -0.4 is 10.6 Å². The van der Waals surface area contributed by atoms with Gasteiger partial charge in [-0.05, 0) is 38.1 Å². The first-order valence-electron chi connectivity index (χ1n) is 6.70. The summed E-state index contributed by atoms with van der Waals surface area (Å²) in [5.74, 6) is -0.302. The van der Waals surface area contributed by atoms with Gasteiger partial charge in [0.25, 0.3) is 5.91 Å². The van der Waals surface area contributed by atoms with Crippen molar-refractivity contribution >= 4 is 23.2 Å². The van der Waals surface area contributed by atoms with E-state index in [4.69, 9.17) is 0 Å². The molecule has 1 aromatic carbocycles. The van der Waals surface area contributed by atoms with Gasteiger partial charge in [-0.3, -0.25) is 9.59 Å². The van der Waals surface area contributed by atoms with Crippen LogP contribution in [-0.4, -0.2) is 16.4 Å². The highest BCUT2D eigenvalue weighted by Crippen LogP contribution is 2.18. The number of aryl methyl sites for hydroxylation is 1. The van der Waals surface area contributed by atoms with Crippen LogP contribution in [0.25, 0.3) is 0 Å². The van der Waals surface area contributed by atoms with Gasteiger partial charge in [-0.15, -0.1) is 0 Å². The van der Waals surface area contributed by atoms with Crippen LogP contribution in [-0.2, 0) is 11.8 Å². The Balaban J connectivity index is 2.19. The van der Waals surface area contributed by atoms with Gasteiger partial charge in [0.1, 0.15) is 0 Å². The predicted octanol–water partition coefficient (Wildman–Crippen LogP) is 2.85. The minimum Gasteiger partial charge on any atom is -0.351 e. The highest BCUT2D eigenvalue weighted by Gasteiger charge is 2.14. The number of amides is 2. The summed E-state index contributed by atoms with van der Waals surface area (Å²) in [6.45, 7) is 5.32. The number of rotatable bonds is 3. The molecule has 1 aromatic heterocycles. The zero-order valence-electron chi connectivity index (χ0n) is 12.7. The molecule has 1 heterocycles. The van der Waals surface area contributed by atoms with Crippen molar-refractivity contribution in [3.8, 4) is 0 Å². The lowest BCUT2D eigenvalue weighted by molar-refractivity contribution is -0.114. The van der Waals surface area contributed by atoms with Crippen LogP contribution in [0.2, 0.25) is 0 Å². The number of nitrogens with zero attached hydrogens (tertiary/aromatic N) is 1. The van der Waals surface area contributed by atoms with Crippen LogP contribution >= 0.6 is 0 Å². The molecular weight excluding hydrogens is 266 g/mol. The van der Waals surface area contributed by atoms with Gasteiger partial charge in [0, 0.05) is 36.7 Å². The summed E-state index contributed by atoms with van der Waals surface area (Å²) in [6.07, 6.45) is 0. The van der Waals surface area contributed by atoms with Gasteiger partial charge in [-0.2, -0.15) is 0 Å². The number of carbonyl (C=O) groups is 2. The summed E-state index contributed by atoms with van der Waals surface area (Å²) < 4.78 is 1.97. The summed E-state index contributed by atoms with van der Waals surface area (Å²) in [6, 6.07) is 8.93. The van der Waals surface area contributed by atoms with Gasteiger partial charge in [0.15, 0.2) is 0 Å². The molecule has 2 N–H and O–H groups in total. The van der Waals surface area contributed by atoms with Gasteiger partial charge in [-0.25, -0.2) is 0 Å². The minimum atomic E-state index is -0.156. The van der Waals surface area contributed by atoms with E-state index in [1.807, 2.05) is 31.5 Å². The second-order valence-corrected chi connectivity index (χ2v) is 5.06. The predicted molar refractivity (Wildman–Crippen MR) is 83.6 cm³/mol. The molecular formula is C16H19N3O2. The number of hydrogen-bond donors (Lipinski definition) is 2. The van der Waals surface area contributed by atoms with Gasteiger partial charge in [0.2, 0.25) is 5.91 Å². The largest absolute Gasteiger partial charge is 0.351 e. The molecule has 0 saturated carbocycles. The molecule has 0 aliphatic rings. The molecule has 0 radical (unpaired) electrons. The Hall–Kier alpha value is -2.56. The third-order valence-electron chi connectivity index (χ3n) is 3.46. The van der Waals surface area contributed by atoms with Crippen molar-refractivity contribution < 1.29 is 9.59 Å². The van der Waals surface area contributed by atoms with E-state index < -0.39 is 0 Å². The molecule has 0 fully saturated rings. The molecule has 0 aliphatic carbocycles. The Labute approximate surface area is 124 Å². The first-order valence-corrected chi connectivity index (χ1v) is 6.70. The molecule has 21 heavy (non-hydrogen) atoms. The van der Waals surface area contributed by atoms with Crippen LogP contribution in [0.15, 0.2) is 30.3 Å². The topological polar surface area (TPSA) is 63.1 Å². The summed E-state index contributed by atoms with van der Waals surface area (Å²) in [7, 11) is 1.93. The molecule has 110 valence electrons. The van der Waals surface area contributed by atoms with Crippen molar-refractivity contribution in [1.29, 1.82) is 0 Å². The normalized spacial score (nSPS) is 10.3. The van der Waals surface area contributed by atoms with Crippen molar-refractivity contribution in [1.82, 2.24) is 4.57 Å². The maximum atomic E-state index is 12.3. The number of anilines is 2. The average Bonchev–Trinajstić information content (AvgIpc) is 2.66. The zero-order chi connectivity index (χ0) is 15.6. The summed E-state index contributed by atoms with van der Waals surface area (Å²) in [4.78, 5) is 23.4. The van der Waals surface area contributed by atoms with E-state index in [1.165, 1.54) is 6.92 Å². The molecule has 0 spiro atoms. The number of carbonyl (C=O) groups excluding carboxylic acids is 2. The fourth-order valence-electron chi connectivity index (χ4n) is 2.16. The fourth-order valence-corrected chi connectivity index (χ4v) is 2.16. The average molecular weight is 285 g/mol. The quantitative estimate of drug-likeness (QED) is 0.910. The summed E-state index contributed by atoms with van der Waals surface area (Å²) in [5, 5.41) is 5.54. The van der Waals surface area contributed by atoms with Crippen molar-refractivity contribution in [3.63, 3.8) is 0 Å². The second kappa shape index (κ2) is 5.83. The SMILES string of the molecule is CC(=O)Nc1cccc(NC(=O)c2cc(C)n(C)c2C)c1. The van der Waals surface area contributed by atoms with E-state index in [9.17, 15) is 9.59 Å². The minimum absolute atomic E-state index is 0.145. The number of aromatic nitrogens is 1. The highest BCUT2D eigenvalue weighted by molar-refractivity contribution is 6.05. The maximum Gasteiger partial charge on any atom is 0.257 e. The maximum absolute atomic E-state index is 12.3. The summed E-state index contributed by atoms with van der Waals surface area (Å²) in [5.41, 5.74) is 3.90. The van der Waals surface area contributed by atoms with Crippen LogP contribution in [0.5, 0.6) is 0 Å². The van der Waals surface area contributed by atoms with E-state index in [1.54, 1.807) is 24.3 Å². The number of hydrogen-bond acceptors (Lipinski definition) is 2. The van der Waals surface area contributed by atoms with Crippen LogP contribution in [0.3, 0.4) is 0 Å².